The molecule has 1 heterocycles. The molecular formula is C19H24N4O2. The van der Waals surface area contributed by atoms with Crippen LogP contribution in [0.5, 0.6) is 0 Å². The second-order valence-corrected chi connectivity index (χ2v) is 6.01. The maximum Gasteiger partial charge on any atom is 0.252 e. The molecule has 1 aromatic carbocycles. The Morgan fingerprint density at radius 1 is 0.960 bits per heavy atom. The number of nitrogens with one attached hydrogen (secondary N) is 2. The van der Waals surface area contributed by atoms with E-state index in [1.54, 1.807) is 6.07 Å². The summed E-state index contributed by atoms with van der Waals surface area (Å²) in [7, 11) is 3.88. The summed E-state index contributed by atoms with van der Waals surface area (Å²) < 4.78 is 0. The summed E-state index contributed by atoms with van der Waals surface area (Å²) in [5.74, 6) is -0.459. The van der Waals surface area contributed by atoms with Crippen molar-refractivity contribution in [2.45, 2.75) is 6.42 Å². The third kappa shape index (κ3) is 6.35. The van der Waals surface area contributed by atoms with E-state index in [0.717, 1.165) is 18.5 Å². The first-order valence-electron chi connectivity index (χ1n) is 8.26. The van der Waals surface area contributed by atoms with E-state index in [-0.39, 0.29) is 11.8 Å². The van der Waals surface area contributed by atoms with Gasteiger partial charge in [0.1, 0.15) is 0 Å². The summed E-state index contributed by atoms with van der Waals surface area (Å²) in [6.07, 6.45) is 3.69. The number of hydrogen-bond donors (Lipinski definition) is 2. The molecule has 2 N–H and O–H groups in total. The maximum absolute atomic E-state index is 12.2. The van der Waals surface area contributed by atoms with Gasteiger partial charge in [0.25, 0.3) is 11.8 Å². The molecule has 0 aliphatic rings. The number of likely N-dealkylation sites (N-methyl/N-ethyl adjacent to an activating group) is 1. The predicted molar refractivity (Wildman–Crippen MR) is 97.6 cm³/mol. The molecule has 0 radical (unpaired) electrons. The average Bonchev–Trinajstić information content (AvgIpc) is 2.62. The number of pyridine rings is 1. The van der Waals surface area contributed by atoms with Crippen LogP contribution in [0, 0.1) is 0 Å². The van der Waals surface area contributed by atoms with Gasteiger partial charge >= 0.3 is 0 Å². The van der Waals surface area contributed by atoms with Gasteiger partial charge in [-0.15, -0.1) is 0 Å². The van der Waals surface area contributed by atoms with Crippen LogP contribution in [-0.2, 0) is 6.42 Å². The zero-order chi connectivity index (χ0) is 18.1. The first kappa shape index (κ1) is 18.6. The molecule has 2 rings (SSSR count). The minimum atomic E-state index is -0.230. The SMILES string of the molecule is CN(C)CCNC(=O)c1cncc(C(=O)NCCc2ccccc2)c1. The highest BCUT2D eigenvalue weighted by Gasteiger charge is 2.11. The molecule has 0 aliphatic heterocycles. The molecule has 0 spiro atoms. The van der Waals surface area contributed by atoms with E-state index in [9.17, 15) is 9.59 Å². The number of rotatable bonds is 8. The number of carbonyl (C=O) groups excluding carboxylic acids is 2. The summed E-state index contributed by atoms with van der Waals surface area (Å²) in [5.41, 5.74) is 1.93. The van der Waals surface area contributed by atoms with Gasteiger partial charge < -0.3 is 15.5 Å². The van der Waals surface area contributed by atoms with Crippen molar-refractivity contribution < 1.29 is 9.59 Å². The predicted octanol–water partition coefficient (Wildman–Crippen LogP) is 1.35. The van der Waals surface area contributed by atoms with Gasteiger partial charge in [-0.3, -0.25) is 14.6 Å². The van der Waals surface area contributed by atoms with Crippen molar-refractivity contribution in [3.05, 3.63) is 65.5 Å². The van der Waals surface area contributed by atoms with Gasteiger partial charge in [0.15, 0.2) is 0 Å². The number of carbonyl (C=O) groups is 2. The quantitative estimate of drug-likeness (QED) is 0.761. The van der Waals surface area contributed by atoms with Crippen LogP contribution in [0.1, 0.15) is 26.3 Å². The van der Waals surface area contributed by atoms with E-state index >= 15 is 0 Å². The second kappa shape index (κ2) is 9.54. The lowest BCUT2D eigenvalue weighted by Gasteiger charge is -2.11. The Balaban J connectivity index is 1.86. The second-order valence-electron chi connectivity index (χ2n) is 6.01. The Bertz CT molecular complexity index is 702. The van der Waals surface area contributed by atoms with Crippen molar-refractivity contribution in [2.24, 2.45) is 0 Å². The van der Waals surface area contributed by atoms with Crippen LogP contribution in [0.15, 0.2) is 48.8 Å². The van der Waals surface area contributed by atoms with E-state index in [1.807, 2.05) is 49.3 Å². The lowest BCUT2D eigenvalue weighted by Crippen LogP contribution is -2.31. The molecule has 1 aromatic heterocycles. The van der Waals surface area contributed by atoms with E-state index in [4.69, 9.17) is 0 Å². The van der Waals surface area contributed by atoms with Gasteiger partial charge in [0.05, 0.1) is 11.1 Å². The Morgan fingerprint density at radius 3 is 2.16 bits per heavy atom. The molecule has 2 aromatic rings. The summed E-state index contributed by atoms with van der Waals surface area (Å²) in [6, 6.07) is 11.5. The normalized spacial score (nSPS) is 10.5. The Morgan fingerprint density at radius 2 is 1.56 bits per heavy atom. The average molecular weight is 340 g/mol. The van der Waals surface area contributed by atoms with Crippen LogP contribution in [0.2, 0.25) is 0 Å². The molecule has 0 bridgehead atoms. The highest BCUT2D eigenvalue weighted by Crippen LogP contribution is 2.04. The molecule has 6 heteroatoms. The summed E-state index contributed by atoms with van der Waals surface area (Å²) in [6.45, 7) is 1.82. The molecule has 6 nitrogen and oxygen atoms in total. The molecule has 2 amide bonds. The molecular weight excluding hydrogens is 316 g/mol. The first-order valence-corrected chi connectivity index (χ1v) is 8.26. The largest absolute Gasteiger partial charge is 0.352 e. The van der Waals surface area contributed by atoms with Crippen molar-refractivity contribution in [1.29, 1.82) is 0 Å². The van der Waals surface area contributed by atoms with E-state index < -0.39 is 0 Å². The number of benzene rings is 1. The number of amides is 2. The fourth-order valence-corrected chi connectivity index (χ4v) is 2.25. The van der Waals surface area contributed by atoms with Crippen LogP contribution in [0.25, 0.3) is 0 Å². The van der Waals surface area contributed by atoms with Crippen LogP contribution in [0.4, 0.5) is 0 Å². The summed E-state index contributed by atoms with van der Waals surface area (Å²) >= 11 is 0. The van der Waals surface area contributed by atoms with Crippen molar-refractivity contribution >= 4 is 11.8 Å². The smallest absolute Gasteiger partial charge is 0.252 e. The molecule has 0 aliphatic carbocycles. The van der Waals surface area contributed by atoms with Gasteiger partial charge in [-0.2, -0.15) is 0 Å². The first-order chi connectivity index (χ1) is 12.1. The van der Waals surface area contributed by atoms with Gasteiger partial charge in [-0.25, -0.2) is 0 Å². The topological polar surface area (TPSA) is 74.3 Å². The molecule has 132 valence electrons. The fourth-order valence-electron chi connectivity index (χ4n) is 2.25. The standard InChI is InChI=1S/C19H24N4O2/c1-23(2)11-10-22-19(25)17-12-16(13-20-14-17)18(24)21-9-8-15-6-4-3-5-7-15/h3-7,12-14H,8-11H2,1-2H3,(H,21,24)(H,22,25). The van der Waals surface area contributed by atoms with Crippen LogP contribution < -0.4 is 10.6 Å². The fraction of sp³-hybridized carbons (Fsp3) is 0.316. The molecule has 0 unspecified atom stereocenters. The zero-order valence-corrected chi connectivity index (χ0v) is 14.7. The van der Waals surface area contributed by atoms with Crippen molar-refractivity contribution in [2.75, 3.05) is 33.7 Å². The maximum atomic E-state index is 12.2. The minimum Gasteiger partial charge on any atom is -0.352 e. The van der Waals surface area contributed by atoms with Crippen LogP contribution >= 0.6 is 0 Å². The van der Waals surface area contributed by atoms with Crippen molar-refractivity contribution in [3.8, 4) is 0 Å². The van der Waals surface area contributed by atoms with Gasteiger partial charge in [0, 0.05) is 32.0 Å². The third-order valence-electron chi connectivity index (χ3n) is 3.65. The van der Waals surface area contributed by atoms with Gasteiger partial charge in [0.2, 0.25) is 0 Å². The lowest BCUT2D eigenvalue weighted by atomic mass is 10.1. The van der Waals surface area contributed by atoms with Crippen molar-refractivity contribution in [1.82, 2.24) is 20.5 Å². The molecule has 0 saturated carbocycles. The number of hydrogen-bond acceptors (Lipinski definition) is 4. The molecule has 0 fully saturated rings. The summed E-state index contributed by atoms with van der Waals surface area (Å²) in [5, 5.41) is 5.66. The monoisotopic (exact) mass is 340 g/mol. The third-order valence-corrected chi connectivity index (χ3v) is 3.65. The Hall–Kier alpha value is -2.73. The van der Waals surface area contributed by atoms with Crippen molar-refractivity contribution in [3.63, 3.8) is 0 Å². The highest BCUT2D eigenvalue weighted by atomic mass is 16.2. The molecule has 25 heavy (non-hydrogen) atoms. The highest BCUT2D eigenvalue weighted by molar-refractivity contribution is 5.99. The van der Waals surface area contributed by atoms with E-state index in [0.29, 0.717) is 24.2 Å². The van der Waals surface area contributed by atoms with Gasteiger partial charge in [-0.05, 0) is 32.1 Å². The van der Waals surface area contributed by atoms with Crippen LogP contribution in [-0.4, -0.2) is 55.4 Å². The minimum absolute atomic E-state index is 0.228. The number of nitrogens with zero attached hydrogens (tertiary/aromatic N) is 2. The molecule has 0 saturated heterocycles. The zero-order valence-electron chi connectivity index (χ0n) is 14.7. The summed E-state index contributed by atoms with van der Waals surface area (Å²) in [4.78, 5) is 30.3. The number of aromatic nitrogens is 1. The Labute approximate surface area is 148 Å². The van der Waals surface area contributed by atoms with Gasteiger partial charge in [-0.1, -0.05) is 30.3 Å². The lowest BCUT2D eigenvalue weighted by molar-refractivity contribution is 0.0950. The van der Waals surface area contributed by atoms with Crippen LogP contribution in [0.3, 0.4) is 0 Å². The van der Waals surface area contributed by atoms with E-state index in [2.05, 4.69) is 15.6 Å². The molecule has 0 atom stereocenters. The Kier molecular flexibility index (Phi) is 7.10. The van der Waals surface area contributed by atoms with E-state index in [1.165, 1.54) is 12.4 Å².